The second-order valence-corrected chi connectivity index (χ2v) is 4.70. The van der Waals surface area contributed by atoms with Gasteiger partial charge in [0.1, 0.15) is 0 Å². The summed E-state index contributed by atoms with van der Waals surface area (Å²) in [5.41, 5.74) is 5.64. The highest BCUT2D eigenvalue weighted by atomic mass is 16.5. The quantitative estimate of drug-likeness (QED) is 0.763. The molecule has 20 heavy (non-hydrogen) atoms. The van der Waals surface area contributed by atoms with Crippen LogP contribution in [0.1, 0.15) is 13.0 Å². The van der Waals surface area contributed by atoms with Gasteiger partial charge in [0.2, 0.25) is 0 Å². The highest BCUT2D eigenvalue weighted by molar-refractivity contribution is 5.70. The minimum atomic E-state index is -0.398. The van der Waals surface area contributed by atoms with E-state index in [0.29, 0.717) is 30.9 Å². The van der Waals surface area contributed by atoms with Crippen molar-refractivity contribution in [1.29, 1.82) is 0 Å². The first-order valence-corrected chi connectivity index (χ1v) is 6.38. The van der Waals surface area contributed by atoms with E-state index in [4.69, 9.17) is 10.5 Å². The first kappa shape index (κ1) is 14.5. The molecular weight excluding hydrogens is 262 g/mol. The summed E-state index contributed by atoms with van der Waals surface area (Å²) in [5, 5.41) is 0. The van der Waals surface area contributed by atoms with Crippen molar-refractivity contribution < 1.29 is 4.74 Å². The molecule has 2 rings (SSSR count). The molecule has 1 unspecified atom stereocenters. The van der Waals surface area contributed by atoms with Crippen molar-refractivity contribution in [3.63, 3.8) is 0 Å². The largest absolute Gasteiger partial charge is 0.383 e. The van der Waals surface area contributed by atoms with Crippen molar-refractivity contribution in [2.24, 2.45) is 12.8 Å². The van der Waals surface area contributed by atoms with Crippen molar-refractivity contribution in [2.45, 2.75) is 19.5 Å². The summed E-state index contributed by atoms with van der Waals surface area (Å²) in [7, 11) is 3.01. The molecule has 2 heterocycles. The lowest BCUT2D eigenvalue weighted by Crippen LogP contribution is -2.39. The van der Waals surface area contributed by atoms with E-state index in [9.17, 15) is 9.59 Å². The van der Waals surface area contributed by atoms with E-state index >= 15 is 0 Å². The summed E-state index contributed by atoms with van der Waals surface area (Å²) in [5.74, 6) is 0. The molecule has 110 valence electrons. The number of imidazole rings is 1. The lowest BCUT2D eigenvalue weighted by Gasteiger charge is -2.13. The second kappa shape index (κ2) is 5.59. The lowest BCUT2D eigenvalue weighted by molar-refractivity contribution is 0.186. The molecule has 0 bridgehead atoms. The molecule has 1 atom stereocenters. The average Bonchev–Trinajstić information content (AvgIpc) is 2.89. The van der Waals surface area contributed by atoms with E-state index in [1.54, 1.807) is 18.0 Å². The molecular formula is C12H19N5O3. The Hall–Kier alpha value is -1.93. The van der Waals surface area contributed by atoms with Crippen LogP contribution in [0.25, 0.3) is 11.2 Å². The van der Waals surface area contributed by atoms with E-state index in [1.807, 2.05) is 6.92 Å². The van der Waals surface area contributed by atoms with Crippen LogP contribution in [0, 0.1) is 0 Å². The standard InChI is InChI=1S/C12H19N5O3/c1-8(6-13)17-7-14-10-9(17)11(18)15(2)12(19)16(10)4-5-20-3/h7-8H,4-6,13H2,1-3H3. The van der Waals surface area contributed by atoms with Gasteiger partial charge in [-0.2, -0.15) is 0 Å². The zero-order valence-electron chi connectivity index (χ0n) is 11.9. The Morgan fingerprint density at radius 3 is 2.75 bits per heavy atom. The SMILES string of the molecule is COCCn1c(=O)n(C)c(=O)c2c1ncn2C(C)CN. The third-order valence-electron chi connectivity index (χ3n) is 3.39. The number of hydrogen-bond acceptors (Lipinski definition) is 5. The molecule has 0 aliphatic carbocycles. The van der Waals surface area contributed by atoms with E-state index in [2.05, 4.69) is 4.98 Å². The number of aromatic nitrogens is 4. The molecule has 0 saturated heterocycles. The van der Waals surface area contributed by atoms with Crippen molar-refractivity contribution in [3.05, 3.63) is 27.2 Å². The topological polar surface area (TPSA) is 97.1 Å². The molecule has 0 amide bonds. The summed E-state index contributed by atoms with van der Waals surface area (Å²) < 4.78 is 9.23. The Bertz CT molecular complexity index is 727. The van der Waals surface area contributed by atoms with Crippen molar-refractivity contribution >= 4 is 11.2 Å². The molecule has 2 aromatic rings. The molecule has 0 aromatic carbocycles. The van der Waals surface area contributed by atoms with Gasteiger partial charge in [-0.1, -0.05) is 0 Å². The van der Waals surface area contributed by atoms with Gasteiger partial charge < -0.3 is 15.0 Å². The van der Waals surface area contributed by atoms with Gasteiger partial charge in [0.25, 0.3) is 5.56 Å². The Kier molecular flexibility index (Phi) is 4.05. The predicted molar refractivity (Wildman–Crippen MR) is 74.9 cm³/mol. The van der Waals surface area contributed by atoms with Gasteiger partial charge in [0.15, 0.2) is 11.2 Å². The Morgan fingerprint density at radius 2 is 2.15 bits per heavy atom. The zero-order valence-corrected chi connectivity index (χ0v) is 11.9. The molecule has 0 spiro atoms. The van der Waals surface area contributed by atoms with Gasteiger partial charge in [-0.3, -0.25) is 13.9 Å². The van der Waals surface area contributed by atoms with Gasteiger partial charge >= 0.3 is 5.69 Å². The van der Waals surface area contributed by atoms with Gasteiger partial charge in [0.05, 0.1) is 19.5 Å². The third-order valence-corrected chi connectivity index (χ3v) is 3.39. The minimum Gasteiger partial charge on any atom is -0.383 e. The number of methoxy groups -OCH3 is 1. The van der Waals surface area contributed by atoms with E-state index in [0.717, 1.165) is 4.57 Å². The number of nitrogens with zero attached hydrogens (tertiary/aromatic N) is 4. The summed E-state index contributed by atoms with van der Waals surface area (Å²) in [4.78, 5) is 28.7. The molecule has 0 radical (unpaired) electrons. The normalized spacial score (nSPS) is 13.0. The van der Waals surface area contributed by atoms with Crippen LogP contribution in [0.3, 0.4) is 0 Å². The smallest absolute Gasteiger partial charge is 0.332 e. The summed E-state index contributed by atoms with van der Waals surface area (Å²) in [6.07, 6.45) is 1.55. The fourth-order valence-electron chi connectivity index (χ4n) is 2.10. The number of rotatable bonds is 5. The average molecular weight is 281 g/mol. The summed E-state index contributed by atoms with van der Waals surface area (Å²) in [6.45, 7) is 2.98. The van der Waals surface area contributed by atoms with Crippen LogP contribution in [-0.4, -0.2) is 38.9 Å². The number of ether oxygens (including phenoxy) is 1. The Balaban J connectivity index is 2.78. The number of nitrogens with two attached hydrogens (primary N) is 1. The third kappa shape index (κ3) is 2.16. The van der Waals surface area contributed by atoms with Crippen LogP contribution >= 0.6 is 0 Å². The molecule has 0 fully saturated rings. The number of fused-ring (bicyclic) bond motifs is 1. The Morgan fingerprint density at radius 1 is 1.45 bits per heavy atom. The van der Waals surface area contributed by atoms with Gasteiger partial charge in [-0.15, -0.1) is 0 Å². The monoisotopic (exact) mass is 281 g/mol. The van der Waals surface area contributed by atoms with Crippen molar-refractivity contribution in [2.75, 3.05) is 20.3 Å². The van der Waals surface area contributed by atoms with Crippen molar-refractivity contribution in [3.8, 4) is 0 Å². The maximum absolute atomic E-state index is 12.3. The van der Waals surface area contributed by atoms with Gasteiger partial charge in [-0.25, -0.2) is 9.78 Å². The van der Waals surface area contributed by atoms with Crippen LogP contribution in [0.4, 0.5) is 0 Å². The predicted octanol–water partition coefficient (Wildman–Crippen LogP) is -0.937. The molecule has 0 saturated carbocycles. The first-order chi connectivity index (χ1) is 9.52. The van der Waals surface area contributed by atoms with Gasteiger partial charge in [-0.05, 0) is 6.92 Å². The highest BCUT2D eigenvalue weighted by Gasteiger charge is 2.18. The van der Waals surface area contributed by atoms with Crippen LogP contribution in [0.15, 0.2) is 15.9 Å². The minimum absolute atomic E-state index is 0.0684. The number of hydrogen-bond donors (Lipinski definition) is 1. The molecule has 0 aliphatic heterocycles. The highest BCUT2D eigenvalue weighted by Crippen LogP contribution is 2.12. The Labute approximate surface area is 115 Å². The maximum Gasteiger partial charge on any atom is 0.332 e. The van der Waals surface area contributed by atoms with Gasteiger partial charge in [0, 0.05) is 26.7 Å². The van der Waals surface area contributed by atoms with E-state index in [-0.39, 0.29) is 11.6 Å². The molecule has 0 aliphatic rings. The van der Waals surface area contributed by atoms with Crippen LogP contribution < -0.4 is 17.0 Å². The summed E-state index contributed by atoms with van der Waals surface area (Å²) in [6, 6.07) is -0.0684. The van der Waals surface area contributed by atoms with Crippen LogP contribution in [0.2, 0.25) is 0 Å². The van der Waals surface area contributed by atoms with E-state index < -0.39 is 5.69 Å². The molecule has 8 nitrogen and oxygen atoms in total. The first-order valence-electron chi connectivity index (χ1n) is 6.38. The molecule has 8 heteroatoms. The fraction of sp³-hybridized carbons (Fsp3) is 0.583. The van der Waals surface area contributed by atoms with E-state index in [1.165, 1.54) is 11.6 Å². The molecule has 2 N–H and O–H groups in total. The fourth-order valence-corrected chi connectivity index (χ4v) is 2.10. The second-order valence-electron chi connectivity index (χ2n) is 4.70. The van der Waals surface area contributed by atoms with Crippen LogP contribution in [-0.2, 0) is 18.3 Å². The lowest BCUT2D eigenvalue weighted by atomic mass is 10.3. The maximum atomic E-state index is 12.3. The zero-order chi connectivity index (χ0) is 14.9. The summed E-state index contributed by atoms with van der Waals surface area (Å²) >= 11 is 0. The van der Waals surface area contributed by atoms with Crippen molar-refractivity contribution in [1.82, 2.24) is 18.7 Å². The molecule has 2 aromatic heterocycles. The van der Waals surface area contributed by atoms with Crippen LogP contribution in [0.5, 0.6) is 0 Å².